The molecule has 8 heteroatoms. The minimum atomic E-state index is -3.52. The lowest BCUT2D eigenvalue weighted by molar-refractivity contribution is 0.578. The van der Waals surface area contributed by atoms with E-state index in [0.717, 1.165) is 24.6 Å². The molecule has 0 bridgehead atoms. The first-order valence-electron chi connectivity index (χ1n) is 5.56. The molecule has 0 saturated heterocycles. The summed E-state index contributed by atoms with van der Waals surface area (Å²) in [6.07, 6.45) is 1.52. The topological polar surface area (TPSA) is 98.0 Å². The summed E-state index contributed by atoms with van der Waals surface area (Å²) in [7, 11) is -3.52. The Morgan fingerprint density at radius 2 is 2.11 bits per heavy atom. The summed E-state index contributed by atoms with van der Waals surface area (Å²) < 4.78 is 34.8. The third kappa shape index (κ3) is 2.83. The van der Waals surface area contributed by atoms with Gasteiger partial charge in [-0.05, 0) is 31.5 Å². The summed E-state index contributed by atoms with van der Waals surface area (Å²) in [6.45, 7) is 0.945. The van der Waals surface area contributed by atoms with Gasteiger partial charge in [0.05, 0.1) is 11.7 Å². The van der Waals surface area contributed by atoms with Crippen LogP contribution in [0, 0.1) is 0 Å². The fourth-order valence-corrected chi connectivity index (χ4v) is 3.39. The maximum Gasteiger partial charge on any atom is 0.242 e. The van der Waals surface area contributed by atoms with Gasteiger partial charge in [-0.15, -0.1) is 0 Å². The normalized spacial score (nSPS) is 12.1. The number of nitrogens with two attached hydrogens (primary N) is 1. The van der Waals surface area contributed by atoms with Gasteiger partial charge in [0.1, 0.15) is 15.9 Å². The lowest BCUT2D eigenvalue weighted by Gasteiger charge is -2.06. The molecule has 2 aromatic rings. The molecule has 0 fully saturated rings. The van der Waals surface area contributed by atoms with Crippen molar-refractivity contribution in [2.45, 2.75) is 17.7 Å². The molecule has 0 spiro atoms. The number of sulfonamides is 1. The van der Waals surface area contributed by atoms with Gasteiger partial charge in [-0.1, -0.05) is 6.07 Å². The van der Waals surface area contributed by atoms with Crippen LogP contribution in [0.4, 0.5) is 0 Å². The Bertz CT molecular complexity index is 624. The number of hydrogen-bond acceptors (Lipinski definition) is 6. The highest BCUT2D eigenvalue weighted by Crippen LogP contribution is 2.20. The smallest absolute Gasteiger partial charge is 0.242 e. The van der Waals surface area contributed by atoms with Crippen molar-refractivity contribution < 1.29 is 8.42 Å². The zero-order chi connectivity index (χ0) is 13.0. The van der Waals surface area contributed by atoms with Crippen LogP contribution >= 0.6 is 11.7 Å². The lowest BCUT2D eigenvalue weighted by atomic mass is 10.3. The molecule has 1 aromatic heterocycles. The monoisotopic (exact) mass is 286 g/mol. The van der Waals surface area contributed by atoms with Crippen LogP contribution in [0.1, 0.15) is 12.8 Å². The standard InChI is InChI=1S/C10H14N4O2S2/c11-6-1-2-7-12-18(15,16)9-5-3-4-8-10(9)14-17-13-8/h3-5,12H,1-2,6-7,11H2. The van der Waals surface area contributed by atoms with E-state index in [1.54, 1.807) is 12.1 Å². The molecule has 0 radical (unpaired) electrons. The van der Waals surface area contributed by atoms with E-state index in [2.05, 4.69) is 13.5 Å². The molecule has 6 nitrogen and oxygen atoms in total. The van der Waals surface area contributed by atoms with Crippen molar-refractivity contribution in [3.63, 3.8) is 0 Å². The van der Waals surface area contributed by atoms with Gasteiger partial charge in [0.2, 0.25) is 10.0 Å². The number of aromatic nitrogens is 2. The number of benzene rings is 1. The minimum Gasteiger partial charge on any atom is -0.330 e. The summed E-state index contributed by atoms with van der Waals surface area (Å²) in [5.74, 6) is 0. The zero-order valence-corrected chi connectivity index (χ0v) is 11.3. The Kier molecular flexibility index (Phi) is 4.23. The van der Waals surface area contributed by atoms with Crippen molar-refractivity contribution >= 4 is 32.8 Å². The van der Waals surface area contributed by atoms with Gasteiger partial charge in [0.15, 0.2) is 0 Å². The molecule has 2 rings (SSSR count). The van der Waals surface area contributed by atoms with E-state index in [-0.39, 0.29) is 4.90 Å². The van der Waals surface area contributed by atoms with E-state index >= 15 is 0 Å². The Hall–Kier alpha value is -1.09. The van der Waals surface area contributed by atoms with Gasteiger partial charge in [-0.2, -0.15) is 8.75 Å². The summed E-state index contributed by atoms with van der Waals surface area (Å²) in [4.78, 5) is 0.182. The number of hydrogen-bond donors (Lipinski definition) is 2. The molecular weight excluding hydrogens is 272 g/mol. The molecular formula is C10H14N4O2S2. The molecule has 0 aliphatic carbocycles. The lowest BCUT2D eigenvalue weighted by Crippen LogP contribution is -2.25. The van der Waals surface area contributed by atoms with Gasteiger partial charge >= 0.3 is 0 Å². The van der Waals surface area contributed by atoms with E-state index < -0.39 is 10.0 Å². The van der Waals surface area contributed by atoms with Crippen LogP contribution in [-0.4, -0.2) is 30.3 Å². The van der Waals surface area contributed by atoms with Crippen molar-refractivity contribution in [3.05, 3.63) is 18.2 Å². The highest BCUT2D eigenvalue weighted by molar-refractivity contribution is 7.89. The second-order valence-electron chi connectivity index (χ2n) is 3.78. The molecule has 0 atom stereocenters. The Labute approximate surface area is 110 Å². The van der Waals surface area contributed by atoms with E-state index in [1.807, 2.05) is 0 Å². The van der Waals surface area contributed by atoms with Gasteiger partial charge in [0.25, 0.3) is 0 Å². The number of rotatable bonds is 6. The van der Waals surface area contributed by atoms with Crippen LogP contribution in [0.5, 0.6) is 0 Å². The minimum absolute atomic E-state index is 0.182. The van der Waals surface area contributed by atoms with E-state index in [0.29, 0.717) is 24.1 Å². The summed E-state index contributed by atoms with van der Waals surface area (Å²) in [5, 5.41) is 0. The molecule has 98 valence electrons. The summed E-state index contributed by atoms with van der Waals surface area (Å²) in [6, 6.07) is 4.94. The van der Waals surface area contributed by atoms with Crippen LogP contribution in [0.15, 0.2) is 23.1 Å². The molecule has 18 heavy (non-hydrogen) atoms. The van der Waals surface area contributed by atoms with Gasteiger partial charge in [0, 0.05) is 6.54 Å². The van der Waals surface area contributed by atoms with E-state index in [4.69, 9.17) is 5.73 Å². The Morgan fingerprint density at radius 3 is 2.89 bits per heavy atom. The molecule has 1 aromatic carbocycles. The number of unbranched alkanes of at least 4 members (excludes halogenated alkanes) is 1. The van der Waals surface area contributed by atoms with E-state index in [9.17, 15) is 8.42 Å². The van der Waals surface area contributed by atoms with Gasteiger partial charge in [-0.25, -0.2) is 13.1 Å². The van der Waals surface area contributed by atoms with Crippen molar-refractivity contribution in [1.82, 2.24) is 13.5 Å². The molecule has 1 heterocycles. The highest BCUT2D eigenvalue weighted by Gasteiger charge is 2.18. The van der Waals surface area contributed by atoms with Crippen LogP contribution < -0.4 is 10.5 Å². The summed E-state index contributed by atoms with van der Waals surface area (Å²) >= 11 is 1.01. The predicted molar refractivity (Wildman–Crippen MR) is 70.9 cm³/mol. The first kappa shape index (κ1) is 13.3. The van der Waals surface area contributed by atoms with Crippen molar-refractivity contribution in [1.29, 1.82) is 0 Å². The Balaban J connectivity index is 2.21. The molecule has 0 unspecified atom stereocenters. The number of fused-ring (bicyclic) bond motifs is 1. The van der Waals surface area contributed by atoms with Gasteiger partial charge < -0.3 is 5.73 Å². The third-order valence-corrected chi connectivity index (χ3v) is 4.50. The molecule has 0 saturated carbocycles. The maximum atomic E-state index is 12.1. The van der Waals surface area contributed by atoms with Crippen LogP contribution in [0.3, 0.4) is 0 Å². The fourth-order valence-electron chi connectivity index (χ4n) is 1.55. The predicted octanol–water partition coefficient (Wildman–Crippen LogP) is 0.709. The summed E-state index contributed by atoms with van der Waals surface area (Å²) in [5.41, 5.74) is 6.38. The average Bonchev–Trinajstić information content (AvgIpc) is 2.82. The second-order valence-corrected chi connectivity index (χ2v) is 6.05. The SMILES string of the molecule is NCCCCNS(=O)(=O)c1cccc2nsnc12. The zero-order valence-electron chi connectivity index (χ0n) is 9.67. The van der Waals surface area contributed by atoms with Crippen LogP contribution in [-0.2, 0) is 10.0 Å². The molecule has 3 N–H and O–H groups in total. The average molecular weight is 286 g/mol. The first-order valence-corrected chi connectivity index (χ1v) is 7.77. The quantitative estimate of drug-likeness (QED) is 0.762. The van der Waals surface area contributed by atoms with E-state index in [1.165, 1.54) is 6.07 Å². The fraction of sp³-hybridized carbons (Fsp3) is 0.400. The molecule has 0 amide bonds. The third-order valence-electron chi connectivity index (χ3n) is 2.46. The molecule has 0 aliphatic rings. The first-order chi connectivity index (χ1) is 8.65. The van der Waals surface area contributed by atoms with Crippen LogP contribution in [0.2, 0.25) is 0 Å². The van der Waals surface area contributed by atoms with Crippen molar-refractivity contribution in [3.8, 4) is 0 Å². The van der Waals surface area contributed by atoms with Crippen molar-refractivity contribution in [2.24, 2.45) is 5.73 Å². The highest BCUT2D eigenvalue weighted by atomic mass is 32.2. The second kappa shape index (κ2) is 5.70. The van der Waals surface area contributed by atoms with Gasteiger partial charge in [-0.3, -0.25) is 0 Å². The largest absolute Gasteiger partial charge is 0.330 e. The number of nitrogens with zero attached hydrogens (tertiary/aromatic N) is 2. The van der Waals surface area contributed by atoms with Crippen LogP contribution in [0.25, 0.3) is 11.0 Å². The maximum absolute atomic E-state index is 12.1. The number of nitrogens with one attached hydrogen (secondary N) is 1. The Morgan fingerprint density at radius 1 is 1.28 bits per heavy atom. The van der Waals surface area contributed by atoms with Crippen molar-refractivity contribution in [2.75, 3.05) is 13.1 Å². The molecule has 0 aliphatic heterocycles.